The van der Waals surface area contributed by atoms with E-state index in [1.54, 1.807) is 35.0 Å². The van der Waals surface area contributed by atoms with Crippen LogP contribution in [0.5, 0.6) is 0 Å². The monoisotopic (exact) mass is 448 g/mol. The summed E-state index contributed by atoms with van der Waals surface area (Å²) in [5.74, 6) is -2.72. The van der Waals surface area contributed by atoms with Crippen molar-refractivity contribution in [1.82, 2.24) is 20.0 Å². The average Bonchev–Trinajstić information content (AvgIpc) is 3.31. The van der Waals surface area contributed by atoms with Crippen LogP contribution in [0.3, 0.4) is 0 Å². The SMILES string of the molecule is CN(C)C(=O)Cn1cc2c(n1)C(CNCc1cccs1)OCC2.O=C(O)C(F)(F)F. The molecule has 0 aliphatic carbocycles. The van der Waals surface area contributed by atoms with Gasteiger partial charge in [-0.1, -0.05) is 6.07 Å². The number of thiophene rings is 1. The predicted molar refractivity (Wildman–Crippen MR) is 103 cm³/mol. The average molecular weight is 448 g/mol. The van der Waals surface area contributed by atoms with Gasteiger partial charge in [0.05, 0.1) is 12.3 Å². The quantitative estimate of drug-likeness (QED) is 0.703. The van der Waals surface area contributed by atoms with E-state index < -0.39 is 12.1 Å². The van der Waals surface area contributed by atoms with Gasteiger partial charge in [-0.2, -0.15) is 18.3 Å². The van der Waals surface area contributed by atoms with Crippen molar-refractivity contribution in [2.75, 3.05) is 27.2 Å². The summed E-state index contributed by atoms with van der Waals surface area (Å²) in [6.07, 6.45) is -2.30. The van der Waals surface area contributed by atoms with Gasteiger partial charge in [-0.3, -0.25) is 9.48 Å². The highest BCUT2D eigenvalue weighted by Crippen LogP contribution is 2.25. The maximum Gasteiger partial charge on any atom is 0.490 e. The number of fused-ring (bicyclic) bond motifs is 1. The Kier molecular flexibility index (Phi) is 8.38. The largest absolute Gasteiger partial charge is 0.490 e. The summed E-state index contributed by atoms with van der Waals surface area (Å²) < 4.78 is 39.3. The number of carboxylic acids is 1. The van der Waals surface area contributed by atoms with Crippen molar-refractivity contribution in [1.29, 1.82) is 0 Å². The molecular weight excluding hydrogens is 425 g/mol. The lowest BCUT2D eigenvalue weighted by Gasteiger charge is -2.22. The Labute approximate surface area is 175 Å². The standard InChI is InChI=1S/C16H22N4O2S.C2HF3O2/c1-19(2)15(21)11-20-10-12-5-6-22-14(16(12)18-20)9-17-8-13-4-3-7-23-13;3-2(4,5)1(6)7/h3-4,7,10,14,17H,5-6,8-9,11H2,1-2H3;(H,6,7). The van der Waals surface area contributed by atoms with E-state index in [0.717, 1.165) is 25.2 Å². The molecule has 1 amide bonds. The van der Waals surface area contributed by atoms with Gasteiger partial charge in [0.15, 0.2) is 0 Å². The number of hydrogen-bond donors (Lipinski definition) is 2. The van der Waals surface area contributed by atoms with E-state index in [0.29, 0.717) is 6.61 Å². The molecule has 1 aliphatic rings. The molecular formula is C18H23F3N4O4S. The molecule has 3 heterocycles. The lowest BCUT2D eigenvalue weighted by molar-refractivity contribution is -0.192. The third kappa shape index (κ3) is 7.11. The van der Waals surface area contributed by atoms with E-state index in [4.69, 9.17) is 14.6 Å². The van der Waals surface area contributed by atoms with Gasteiger partial charge >= 0.3 is 12.1 Å². The van der Waals surface area contributed by atoms with Crippen molar-refractivity contribution in [3.8, 4) is 0 Å². The Bertz CT molecular complexity index is 837. The molecule has 0 aromatic carbocycles. The van der Waals surface area contributed by atoms with Crippen LogP contribution in [0.25, 0.3) is 0 Å². The molecule has 0 radical (unpaired) electrons. The number of ether oxygens (including phenoxy) is 1. The lowest BCUT2D eigenvalue weighted by Crippen LogP contribution is -2.28. The van der Waals surface area contributed by atoms with Crippen molar-refractivity contribution < 1.29 is 32.6 Å². The van der Waals surface area contributed by atoms with E-state index in [1.807, 2.05) is 6.20 Å². The summed E-state index contributed by atoms with van der Waals surface area (Å²) in [6, 6.07) is 4.17. The van der Waals surface area contributed by atoms with Crippen LogP contribution in [0.4, 0.5) is 13.2 Å². The molecule has 3 rings (SSSR count). The van der Waals surface area contributed by atoms with Crippen LogP contribution in [0.15, 0.2) is 23.7 Å². The zero-order valence-electron chi connectivity index (χ0n) is 16.5. The molecule has 0 bridgehead atoms. The normalized spacial score (nSPS) is 15.7. The molecule has 1 aliphatic heterocycles. The number of carboxylic acid groups (broad SMARTS) is 1. The van der Waals surface area contributed by atoms with Gasteiger partial charge in [-0.15, -0.1) is 11.3 Å². The maximum absolute atomic E-state index is 11.8. The highest BCUT2D eigenvalue weighted by Gasteiger charge is 2.38. The van der Waals surface area contributed by atoms with Gasteiger partial charge in [-0.25, -0.2) is 4.79 Å². The molecule has 0 fully saturated rings. The van der Waals surface area contributed by atoms with E-state index in [9.17, 15) is 18.0 Å². The van der Waals surface area contributed by atoms with E-state index in [-0.39, 0.29) is 18.6 Å². The Morgan fingerprint density at radius 3 is 2.70 bits per heavy atom. The number of nitrogens with one attached hydrogen (secondary N) is 1. The van der Waals surface area contributed by atoms with Crippen molar-refractivity contribution in [3.63, 3.8) is 0 Å². The van der Waals surface area contributed by atoms with Crippen molar-refractivity contribution in [3.05, 3.63) is 39.8 Å². The van der Waals surface area contributed by atoms with Gasteiger partial charge in [0.2, 0.25) is 5.91 Å². The summed E-state index contributed by atoms with van der Waals surface area (Å²) >= 11 is 1.74. The number of nitrogens with zero attached hydrogens (tertiary/aromatic N) is 3. The minimum absolute atomic E-state index is 0.0399. The number of aliphatic carboxylic acids is 1. The number of alkyl halides is 3. The number of hydrogen-bond acceptors (Lipinski definition) is 6. The number of carbonyl (C=O) groups excluding carboxylic acids is 1. The number of aromatic nitrogens is 2. The van der Waals surface area contributed by atoms with Crippen LogP contribution < -0.4 is 5.32 Å². The molecule has 30 heavy (non-hydrogen) atoms. The lowest BCUT2D eigenvalue weighted by atomic mass is 10.1. The first-order chi connectivity index (χ1) is 14.1. The van der Waals surface area contributed by atoms with Gasteiger partial charge in [0, 0.05) is 38.3 Å². The molecule has 0 saturated heterocycles. The number of carbonyl (C=O) groups is 2. The molecule has 0 saturated carbocycles. The Morgan fingerprint density at radius 1 is 1.43 bits per heavy atom. The van der Waals surface area contributed by atoms with Crippen LogP contribution in [0.2, 0.25) is 0 Å². The van der Waals surface area contributed by atoms with Crippen LogP contribution in [-0.4, -0.2) is 65.1 Å². The first-order valence-corrected chi connectivity index (χ1v) is 9.87. The summed E-state index contributed by atoms with van der Waals surface area (Å²) in [4.78, 5) is 23.6. The summed E-state index contributed by atoms with van der Waals surface area (Å²) in [7, 11) is 3.51. The highest BCUT2D eigenvalue weighted by atomic mass is 32.1. The zero-order chi connectivity index (χ0) is 22.3. The second kappa shape index (κ2) is 10.5. The second-order valence-corrected chi connectivity index (χ2v) is 7.68. The summed E-state index contributed by atoms with van der Waals surface area (Å²) in [5, 5.41) is 17.2. The fourth-order valence-electron chi connectivity index (χ4n) is 2.59. The van der Waals surface area contributed by atoms with Gasteiger partial charge in [0.25, 0.3) is 0 Å². The first kappa shape index (κ1) is 23.8. The van der Waals surface area contributed by atoms with E-state index >= 15 is 0 Å². The molecule has 2 aromatic rings. The minimum atomic E-state index is -5.08. The van der Waals surface area contributed by atoms with E-state index in [1.165, 1.54) is 10.4 Å². The summed E-state index contributed by atoms with van der Waals surface area (Å²) in [5.41, 5.74) is 2.15. The molecule has 0 spiro atoms. The van der Waals surface area contributed by atoms with Crippen molar-refractivity contribution >= 4 is 23.2 Å². The van der Waals surface area contributed by atoms with Gasteiger partial charge in [0.1, 0.15) is 12.6 Å². The van der Waals surface area contributed by atoms with Gasteiger partial charge in [-0.05, 0) is 23.4 Å². The molecule has 12 heteroatoms. The zero-order valence-corrected chi connectivity index (χ0v) is 17.3. The Balaban J connectivity index is 0.000000396. The van der Waals surface area contributed by atoms with Crippen molar-refractivity contribution in [2.24, 2.45) is 0 Å². The number of halogens is 3. The topological polar surface area (TPSA) is 96.7 Å². The van der Waals surface area contributed by atoms with Gasteiger partial charge < -0.3 is 20.1 Å². The molecule has 2 N–H and O–H groups in total. The molecule has 166 valence electrons. The van der Waals surface area contributed by atoms with Crippen molar-refractivity contribution in [2.45, 2.75) is 31.8 Å². The fourth-order valence-corrected chi connectivity index (χ4v) is 3.26. The molecule has 1 unspecified atom stereocenters. The highest BCUT2D eigenvalue weighted by molar-refractivity contribution is 7.09. The third-order valence-corrected chi connectivity index (χ3v) is 4.99. The molecule has 8 nitrogen and oxygen atoms in total. The van der Waals surface area contributed by atoms with Crippen LogP contribution in [0.1, 0.15) is 22.2 Å². The predicted octanol–water partition coefficient (Wildman–Crippen LogP) is 2.07. The van der Waals surface area contributed by atoms with E-state index in [2.05, 4.69) is 27.9 Å². The smallest absolute Gasteiger partial charge is 0.475 e. The minimum Gasteiger partial charge on any atom is -0.475 e. The Hall–Kier alpha value is -2.44. The third-order valence-electron chi connectivity index (χ3n) is 4.11. The van der Waals surface area contributed by atoms with Crippen LogP contribution in [-0.2, 0) is 33.8 Å². The molecule has 2 aromatic heterocycles. The number of rotatable bonds is 6. The number of amides is 1. The number of likely N-dealkylation sites (N-methyl/N-ethyl adjacent to an activating group) is 1. The summed E-state index contributed by atoms with van der Waals surface area (Å²) in [6.45, 7) is 2.54. The molecule has 1 atom stereocenters. The first-order valence-electron chi connectivity index (χ1n) is 8.99. The van der Waals surface area contributed by atoms with Crippen LogP contribution in [0, 0.1) is 0 Å². The second-order valence-electron chi connectivity index (χ2n) is 6.65. The van der Waals surface area contributed by atoms with Crippen LogP contribution >= 0.6 is 11.3 Å². The fraction of sp³-hybridized carbons (Fsp3) is 0.500. The maximum atomic E-state index is 11.8. The Morgan fingerprint density at radius 2 is 2.13 bits per heavy atom.